The summed E-state index contributed by atoms with van der Waals surface area (Å²) in [4.78, 5) is 12.7. The van der Waals surface area contributed by atoms with E-state index >= 15 is 0 Å². The second-order valence-electron chi connectivity index (χ2n) is 6.68. The van der Waals surface area contributed by atoms with Gasteiger partial charge in [0.15, 0.2) is 17.3 Å². The smallest absolute Gasteiger partial charge is 0.185 e. The molecule has 0 aliphatic carbocycles. The number of fused-ring (bicyclic) bond motifs is 3. The summed E-state index contributed by atoms with van der Waals surface area (Å²) in [5.74, 6) is 5.32. The number of pyridine rings is 1. The van der Waals surface area contributed by atoms with Gasteiger partial charge in [-0.15, -0.1) is 0 Å². The van der Waals surface area contributed by atoms with Crippen LogP contribution in [0.4, 0.5) is 10.2 Å². The van der Waals surface area contributed by atoms with Crippen molar-refractivity contribution in [2.45, 2.75) is 13.0 Å². The Hall–Kier alpha value is -4.26. The van der Waals surface area contributed by atoms with Crippen LogP contribution in [-0.2, 0) is 0 Å². The molecular formula is C21H21FN8O. The van der Waals surface area contributed by atoms with E-state index in [1.165, 1.54) is 18.3 Å². The van der Waals surface area contributed by atoms with Crippen molar-refractivity contribution >= 4 is 29.2 Å². The predicted octanol–water partition coefficient (Wildman–Crippen LogP) is 1.95. The van der Waals surface area contributed by atoms with E-state index < -0.39 is 11.9 Å². The number of hydrogen-bond donors (Lipinski definition) is 3. The van der Waals surface area contributed by atoms with Crippen molar-refractivity contribution in [3.05, 3.63) is 58.5 Å². The Bertz CT molecular complexity index is 1180. The molecular weight excluding hydrogens is 399 g/mol. The topological polar surface area (TPSA) is 161 Å². The van der Waals surface area contributed by atoms with Crippen molar-refractivity contribution in [1.29, 1.82) is 5.26 Å². The number of aliphatic imine (C=N–C) groups is 2. The molecule has 10 heteroatoms. The Morgan fingerprint density at radius 1 is 1.35 bits per heavy atom. The van der Waals surface area contributed by atoms with E-state index in [1.807, 2.05) is 6.07 Å². The molecule has 1 aliphatic heterocycles. The fourth-order valence-electron chi connectivity index (χ4n) is 3.18. The SMILES string of the molecule is CN=CC1=C(N)c2ccc(F)cc2C(C)Oc2cc(cnc2N)C(C(C#N)=NN)=NC1. The largest absolute Gasteiger partial charge is 0.482 e. The van der Waals surface area contributed by atoms with Gasteiger partial charge in [-0.05, 0) is 31.2 Å². The van der Waals surface area contributed by atoms with Crippen LogP contribution in [0.3, 0.4) is 0 Å². The first-order valence-electron chi connectivity index (χ1n) is 9.25. The summed E-state index contributed by atoms with van der Waals surface area (Å²) >= 11 is 0. The number of hydrazone groups is 1. The van der Waals surface area contributed by atoms with E-state index in [0.717, 1.165) is 0 Å². The third-order valence-corrected chi connectivity index (χ3v) is 4.70. The van der Waals surface area contributed by atoms with Crippen LogP contribution in [0.2, 0.25) is 0 Å². The van der Waals surface area contributed by atoms with Crippen molar-refractivity contribution in [3.63, 3.8) is 0 Å². The molecule has 9 nitrogen and oxygen atoms in total. The van der Waals surface area contributed by atoms with Crippen molar-refractivity contribution in [1.82, 2.24) is 4.98 Å². The molecule has 31 heavy (non-hydrogen) atoms. The van der Waals surface area contributed by atoms with Gasteiger partial charge in [-0.1, -0.05) is 0 Å². The predicted molar refractivity (Wildman–Crippen MR) is 118 cm³/mol. The first-order valence-corrected chi connectivity index (χ1v) is 9.25. The number of ether oxygens (including phenoxy) is 1. The van der Waals surface area contributed by atoms with Crippen LogP contribution in [0.5, 0.6) is 5.75 Å². The monoisotopic (exact) mass is 420 g/mol. The highest BCUT2D eigenvalue weighted by molar-refractivity contribution is 6.53. The molecule has 1 atom stereocenters. The van der Waals surface area contributed by atoms with Gasteiger partial charge in [-0.2, -0.15) is 10.4 Å². The summed E-state index contributed by atoms with van der Waals surface area (Å²) in [5.41, 5.74) is 14.9. The van der Waals surface area contributed by atoms with E-state index in [9.17, 15) is 9.65 Å². The Labute approximate surface area is 178 Å². The van der Waals surface area contributed by atoms with Gasteiger partial charge in [-0.25, -0.2) is 9.37 Å². The fourth-order valence-corrected chi connectivity index (χ4v) is 3.18. The summed E-state index contributed by atoms with van der Waals surface area (Å²) in [7, 11) is 1.59. The highest BCUT2D eigenvalue weighted by atomic mass is 19.1. The highest BCUT2D eigenvalue weighted by Gasteiger charge is 2.21. The standard InChI is InChI=1S/C21H21FN8O/c1-11-16-6-14(22)3-4-15(16)19(24)13(8-27-2)10-28-20(17(7-23)30-26)12-5-18(31-11)21(25)29-9-12/h3-6,8-9,11H,10,24,26H2,1-2H3,(H2,25,29). The van der Waals surface area contributed by atoms with Crippen molar-refractivity contribution in [2.75, 3.05) is 19.3 Å². The highest BCUT2D eigenvalue weighted by Crippen LogP contribution is 2.32. The normalized spacial score (nSPS) is 17.2. The van der Waals surface area contributed by atoms with Crippen LogP contribution in [0, 0.1) is 17.1 Å². The van der Waals surface area contributed by atoms with E-state index in [0.29, 0.717) is 28.0 Å². The molecule has 2 bridgehead atoms. The molecule has 2 heterocycles. The lowest BCUT2D eigenvalue weighted by molar-refractivity contribution is 0.226. The number of rotatable bonds is 2. The number of hydrogen-bond acceptors (Lipinski definition) is 9. The Morgan fingerprint density at radius 3 is 2.81 bits per heavy atom. The van der Waals surface area contributed by atoms with Crippen LogP contribution in [0.25, 0.3) is 5.70 Å². The minimum Gasteiger partial charge on any atom is -0.482 e. The minimum atomic E-state index is -0.623. The van der Waals surface area contributed by atoms with Gasteiger partial charge in [0, 0.05) is 47.4 Å². The van der Waals surface area contributed by atoms with Crippen LogP contribution in [-0.4, -0.2) is 36.2 Å². The molecule has 1 aromatic carbocycles. The zero-order valence-corrected chi connectivity index (χ0v) is 17.0. The first kappa shape index (κ1) is 21.4. The molecule has 0 radical (unpaired) electrons. The first-order chi connectivity index (χ1) is 14.9. The zero-order chi connectivity index (χ0) is 22.5. The van der Waals surface area contributed by atoms with Gasteiger partial charge in [0.25, 0.3) is 0 Å². The Balaban J connectivity index is 2.34. The maximum absolute atomic E-state index is 14.1. The zero-order valence-electron chi connectivity index (χ0n) is 17.0. The molecule has 6 N–H and O–H groups in total. The van der Waals surface area contributed by atoms with Crippen LogP contribution < -0.4 is 22.0 Å². The van der Waals surface area contributed by atoms with Gasteiger partial charge >= 0.3 is 0 Å². The number of nitrogens with two attached hydrogens (primary N) is 3. The maximum atomic E-state index is 14.1. The molecule has 0 amide bonds. The summed E-state index contributed by atoms with van der Waals surface area (Å²) < 4.78 is 20.1. The van der Waals surface area contributed by atoms with E-state index in [4.69, 9.17) is 22.0 Å². The number of aromatic nitrogens is 1. The lowest BCUT2D eigenvalue weighted by Gasteiger charge is -2.21. The van der Waals surface area contributed by atoms with Gasteiger partial charge in [0.05, 0.1) is 6.54 Å². The minimum absolute atomic E-state index is 0.0605. The molecule has 3 rings (SSSR count). The molecule has 0 saturated heterocycles. The molecule has 0 fully saturated rings. The molecule has 1 aromatic heterocycles. The second kappa shape index (κ2) is 9.04. The Morgan fingerprint density at radius 2 is 2.13 bits per heavy atom. The van der Waals surface area contributed by atoms with Crippen LogP contribution >= 0.6 is 0 Å². The van der Waals surface area contributed by atoms with Gasteiger partial charge in [0.1, 0.15) is 23.7 Å². The van der Waals surface area contributed by atoms with E-state index in [2.05, 4.69) is 20.1 Å². The summed E-state index contributed by atoms with van der Waals surface area (Å²) in [6.45, 7) is 1.80. The van der Waals surface area contributed by atoms with Gasteiger partial charge < -0.3 is 22.0 Å². The number of benzene rings is 1. The molecule has 2 aromatic rings. The van der Waals surface area contributed by atoms with E-state index in [1.54, 1.807) is 32.3 Å². The number of halogens is 1. The van der Waals surface area contributed by atoms with Crippen LogP contribution in [0.1, 0.15) is 29.7 Å². The van der Waals surface area contributed by atoms with Crippen molar-refractivity contribution < 1.29 is 9.13 Å². The average Bonchev–Trinajstić information content (AvgIpc) is 2.76. The molecule has 0 spiro atoms. The molecule has 158 valence electrons. The Kier molecular flexibility index (Phi) is 6.26. The lowest BCUT2D eigenvalue weighted by Crippen LogP contribution is -2.19. The number of nitrogen functional groups attached to an aromatic ring is 1. The fraction of sp³-hybridized carbons (Fsp3) is 0.190. The van der Waals surface area contributed by atoms with Crippen molar-refractivity contribution in [3.8, 4) is 11.8 Å². The lowest BCUT2D eigenvalue weighted by atomic mass is 9.97. The number of anilines is 1. The maximum Gasteiger partial charge on any atom is 0.185 e. The third kappa shape index (κ3) is 4.35. The summed E-state index contributed by atoms with van der Waals surface area (Å²) in [6, 6.07) is 7.74. The van der Waals surface area contributed by atoms with Gasteiger partial charge in [-0.3, -0.25) is 9.98 Å². The third-order valence-electron chi connectivity index (χ3n) is 4.70. The quantitative estimate of drug-likeness (QED) is 0.382. The number of nitriles is 1. The van der Waals surface area contributed by atoms with E-state index in [-0.39, 0.29) is 29.5 Å². The average molecular weight is 420 g/mol. The van der Waals surface area contributed by atoms with Crippen molar-refractivity contribution in [2.24, 2.45) is 26.7 Å². The molecule has 1 unspecified atom stereocenters. The second-order valence-corrected chi connectivity index (χ2v) is 6.68. The summed E-state index contributed by atoms with van der Waals surface area (Å²) in [6.07, 6.45) is 2.37. The van der Waals surface area contributed by atoms with Gasteiger partial charge in [0.2, 0.25) is 0 Å². The molecule has 1 aliphatic rings. The molecule has 0 saturated carbocycles. The van der Waals surface area contributed by atoms with Crippen LogP contribution in [0.15, 0.2) is 51.1 Å². The summed E-state index contributed by atoms with van der Waals surface area (Å²) in [5, 5.41) is 13.0. The number of nitrogens with zero attached hydrogens (tertiary/aromatic N) is 5.